The minimum absolute atomic E-state index is 0.230. The first-order chi connectivity index (χ1) is 17.1. The van der Waals surface area contributed by atoms with Crippen LogP contribution in [0.15, 0.2) is 47.6 Å². The van der Waals surface area contributed by atoms with E-state index >= 15 is 0 Å². The Bertz CT molecular complexity index is 922. The molecule has 2 unspecified atom stereocenters. The van der Waals surface area contributed by atoms with Crippen molar-refractivity contribution in [2.75, 3.05) is 0 Å². The summed E-state index contributed by atoms with van der Waals surface area (Å²) >= 11 is 0. The zero-order valence-electron chi connectivity index (χ0n) is 22.7. The molecule has 4 nitrogen and oxygen atoms in total. The Morgan fingerprint density at radius 1 is 1.17 bits per heavy atom. The smallest absolute Gasteiger partial charge is 0.141 e. The SMILES string of the molecule is C=C1/C(=C\C=C2/CCC[C@@]3(C)C2CC[C@@H]3[C@H](C)/C=C/C(O)C2(C(=O)CCCC)CC2)C[C@@H](O)C[C@@H]1O. The maximum absolute atomic E-state index is 12.7. The van der Waals surface area contributed by atoms with Gasteiger partial charge < -0.3 is 15.3 Å². The maximum Gasteiger partial charge on any atom is 0.141 e. The third-order valence-electron chi connectivity index (χ3n) is 10.2. The molecule has 4 heteroatoms. The minimum atomic E-state index is -0.656. The average molecular weight is 497 g/mol. The van der Waals surface area contributed by atoms with Gasteiger partial charge in [0.25, 0.3) is 0 Å². The summed E-state index contributed by atoms with van der Waals surface area (Å²) < 4.78 is 0. The van der Waals surface area contributed by atoms with Crippen LogP contribution in [0.5, 0.6) is 0 Å². The topological polar surface area (TPSA) is 77.8 Å². The standard InChI is InChI=1S/C32H48O4/c1-5-6-9-29(35)32(17-18-32)30(36)15-10-21(2)26-13-14-27-23(8-7-16-31(26,27)4)11-12-24-19-25(33)20-28(34)22(24)3/h10-12,15,21,25-28,30,33-34,36H,3,5-9,13-14,16-20H2,1-2,4H3/b15-10+,23-11+,24-12-/t21-,25-,26-,27?,28+,30?,31-/m1/s1. The van der Waals surface area contributed by atoms with Crippen molar-refractivity contribution >= 4 is 5.78 Å². The normalized spacial score (nSPS) is 37.9. The monoisotopic (exact) mass is 496 g/mol. The molecular weight excluding hydrogens is 448 g/mol. The highest BCUT2D eigenvalue weighted by molar-refractivity contribution is 5.88. The molecule has 0 aromatic rings. The molecule has 0 aromatic carbocycles. The highest BCUT2D eigenvalue weighted by atomic mass is 16.3. The van der Waals surface area contributed by atoms with E-state index < -0.39 is 23.7 Å². The lowest BCUT2D eigenvalue weighted by atomic mass is 9.61. The minimum Gasteiger partial charge on any atom is -0.393 e. The third kappa shape index (κ3) is 5.37. The van der Waals surface area contributed by atoms with Crippen LogP contribution in [-0.2, 0) is 4.79 Å². The number of fused-ring (bicyclic) bond motifs is 1. The van der Waals surface area contributed by atoms with Crippen LogP contribution >= 0.6 is 0 Å². The molecule has 4 saturated carbocycles. The van der Waals surface area contributed by atoms with Gasteiger partial charge in [-0.1, -0.05) is 63.6 Å². The fraction of sp³-hybridized carbons (Fsp3) is 0.719. The van der Waals surface area contributed by atoms with Gasteiger partial charge in [0.2, 0.25) is 0 Å². The number of hydrogen-bond donors (Lipinski definition) is 3. The number of carbonyl (C=O) groups is 1. The summed E-state index contributed by atoms with van der Waals surface area (Å²) in [7, 11) is 0. The van der Waals surface area contributed by atoms with E-state index in [4.69, 9.17) is 0 Å². The summed E-state index contributed by atoms with van der Waals surface area (Å²) in [5.74, 6) is 1.71. The van der Waals surface area contributed by atoms with Gasteiger partial charge in [0.15, 0.2) is 0 Å². The van der Waals surface area contributed by atoms with E-state index in [2.05, 4.69) is 45.6 Å². The Hall–Kier alpha value is -1.49. The lowest BCUT2D eigenvalue weighted by molar-refractivity contribution is -0.127. The van der Waals surface area contributed by atoms with Crippen molar-refractivity contribution in [1.82, 2.24) is 0 Å². The lowest BCUT2D eigenvalue weighted by Gasteiger charge is -2.44. The van der Waals surface area contributed by atoms with E-state index in [0.717, 1.165) is 43.3 Å². The first-order valence-corrected chi connectivity index (χ1v) is 14.5. The Morgan fingerprint density at radius 3 is 2.61 bits per heavy atom. The summed E-state index contributed by atoms with van der Waals surface area (Å²) in [6.07, 6.45) is 17.7. The molecule has 36 heavy (non-hydrogen) atoms. The molecule has 4 fully saturated rings. The Morgan fingerprint density at radius 2 is 1.92 bits per heavy atom. The summed E-state index contributed by atoms with van der Waals surface area (Å²) in [5.41, 5.74) is 2.94. The summed E-state index contributed by atoms with van der Waals surface area (Å²) in [6.45, 7) is 10.9. The van der Waals surface area contributed by atoms with Gasteiger partial charge in [0.1, 0.15) is 5.78 Å². The number of aliphatic hydroxyl groups excluding tert-OH is 3. The van der Waals surface area contributed by atoms with Crippen molar-refractivity contribution in [3.8, 4) is 0 Å². The number of allylic oxidation sites excluding steroid dienone is 4. The van der Waals surface area contributed by atoms with Gasteiger partial charge in [-0.15, -0.1) is 0 Å². The fourth-order valence-electron chi connectivity index (χ4n) is 7.67. The number of ketones is 1. The third-order valence-corrected chi connectivity index (χ3v) is 10.2. The van der Waals surface area contributed by atoms with E-state index in [0.29, 0.717) is 37.0 Å². The van der Waals surface area contributed by atoms with Crippen molar-refractivity contribution in [3.05, 3.63) is 47.6 Å². The van der Waals surface area contributed by atoms with Crippen LogP contribution in [0.2, 0.25) is 0 Å². The molecule has 4 rings (SSSR count). The average Bonchev–Trinajstić information content (AvgIpc) is 3.58. The predicted octanol–water partition coefficient (Wildman–Crippen LogP) is 6.22. The van der Waals surface area contributed by atoms with Gasteiger partial charge >= 0.3 is 0 Å². The molecule has 0 heterocycles. The first kappa shape index (κ1) is 27.5. The fourth-order valence-corrected chi connectivity index (χ4v) is 7.67. The molecule has 0 aliphatic heterocycles. The van der Waals surface area contributed by atoms with Gasteiger partial charge in [-0.2, -0.15) is 0 Å². The highest BCUT2D eigenvalue weighted by Crippen LogP contribution is 2.59. The Balaban J connectivity index is 1.44. The molecule has 200 valence electrons. The second-order valence-corrected chi connectivity index (χ2v) is 12.5. The van der Waals surface area contributed by atoms with Crippen molar-refractivity contribution < 1.29 is 20.1 Å². The highest BCUT2D eigenvalue weighted by Gasteiger charge is 2.54. The van der Waals surface area contributed by atoms with Crippen LogP contribution in [0.25, 0.3) is 0 Å². The molecule has 7 atom stereocenters. The number of hydrogen-bond acceptors (Lipinski definition) is 4. The molecule has 4 aliphatic carbocycles. The molecule has 0 radical (unpaired) electrons. The van der Waals surface area contributed by atoms with E-state index in [9.17, 15) is 20.1 Å². The Kier molecular flexibility index (Phi) is 8.49. The molecule has 0 spiro atoms. The molecular formula is C32H48O4. The van der Waals surface area contributed by atoms with Crippen LogP contribution in [0.1, 0.15) is 97.8 Å². The van der Waals surface area contributed by atoms with E-state index in [-0.39, 0.29) is 11.2 Å². The quantitative estimate of drug-likeness (QED) is 0.331. The second kappa shape index (κ2) is 11.1. The Labute approximate surface area is 218 Å². The second-order valence-electron chi connectivity index (χ2n) is 12.5. The van der Waals surface area contributed by atoms with Crippen LogP contribution in [0, 0.1) is 28.6 Å². The van der Waals surface area contributed by atoms with E-state index in [1.807, 2.05) is 6.08 Å². The zero-order chi connectivity index (χ0) is 26.1. The van der Waals surface area contributed by atoms with Crippen LogP contribution < -0.4 is 0 Å². The van der Waals surface area contributed by atoms with Crippen molar-refractivity contribution in [2.24, 2.45) is 28.6 Å². The lowest BCUT2D eigenvalue weighted by Crippen LogP contribution is -2.35. The van der Waals surface area contributed by atoms with Crippen molar-refractivity contribution in [1.29, 1.82) is 0 Å². The van der Waals surface area contributed by atoms with Gasteiger partial charge in [-0.3, -0.25) is 4.79 Å². The number of carbonyl (C=O) groups excluding carboxylic acids is 1. The largest absolute Gasteiger partial charge is 0.393 e. The summed E-state index contributed by atoms with van der Waals surface area (Å²) in [6, 6.07) is 0. The first-order valence-electron chi connectivity index (χ1n) is 14.5. The van der Waals surface area contributed by atoms with Crippen LogP contribution in [0.4, 0.5) is 0 Å². The van der Waals surface area contributed by atoms with Crippen LogP contribution in [0.3, 0.4) is 0 Å². The number of unbranched alkanes of at least 4 members (excludes halogenated alkanes) is 1. The number of aliphatic hydroxyl groups is 3. The van der Waals surface area contributed by atoms with Gasteiger partial charge in [0, 0.05) is 12.8 Å². The van der Waals surface area contributed by atoms with E-state index in [1.54, 1.807) is 0 Å². The summed E-state index contributed by atoms with van der Waals surface area (Å²) in [4.78, 5) is 12.7. The number of rotatable bonds is 9. The van der Waals surface area contributed by atoms with Crippen molar-refractivity contribution in [2.45, 2.75) is 116 Å². The molecule has 3 N–H and O–H groups in total. The van der Waals surface area contributed by atoms with Gasteiger partial charge in [-0.25, -0.2) is 0 Å². The molecule has 0 aromatic heterocycles. The predicted molar refractivity (Wildman–Crippen MR) is 145 cm³/mol. The molecule has 0 bridgehead atoms. The zero-order valence-corrected chi connectivity index (χ0v) is 22.7. The van der Waals surface area contributed by atoms with E-state index in [1.165, 1.54) is 31.3 Å². The van der Waals surface area contributed by atoms with Crippen molar-refractivity contribution in [3.63, 3.8) is 0 Å². The maximum atomic E-state index is 12.7. The number of Topliss-reactive ketones (excluding diaryl/α,β-unsaturated/α-hetero) is 1. The summed E-state index contributed by atoms with van der Waals surface area (Å²) in [5, 5.41) is 31.2. The molecule has 0 saturated heterocycles. The van der Waals surface area contributed by atoms with Gasteiger partial charge in [0.05, 0.1) is 23.7 Å². The molecule has 0 amide bonds. The van der Waals surface area contributed by atoms with Gasteiger partial charge in [-0.05, 0) is 92.1 Å². The molecule has 4 aliphatic rings. The van der Waals surface area contributed by atoms with Crippen LogP contribution in [-0.4, -0.2) is 39.4 Å².